The first kappa shape index (κ1) is 27.5. The normalized spacial score (nSPS) is 43.3. The van der Waals surface area contributed by atoms with E-state index in [4.69, 9.17) is 4.42 Å². The van der Waals surface area contributed by atoms with Crippen molar-refractivity contribution in [1.29, 1.82) is 5.26 Å². The Labute approximate surface area is 236 Å². The van der Waals surface area contributed by atoms with E-state index in [-0.39, 0.29) is 57.0 Å². The average Bonchev–Trinajstić information content (AvgIpc) is 3.37. The summed E-state index contributed by atoms with van der Waals surface area (Å²) in [5, 5.41) is 18.3. The Hall–Kier alpha value is -2.62. The van der Waals surface area contributed by atoms with Gasteiger partial charge in [0, 0.05) is 16.7 Å². The lowest BCUT2D eigenvalue weighted by atomic mass is 9.34. The maximum atomic E-state index is 14.6. The minimum Gasteiger partial charge on any atom is -0.422 e. The molecule has 5 aliphatic carbocycles. The van der Waals surface area contributed by atoms with Crippen molar-refractivity contribution in [1.82, 2.24) is 10.2 Å². The van der Waals surface area contributed by atoms with E-state index in [1.807, 2.05) is 26.0 Å². The summed E-state index contributed by atoms with van der Waals surface area (Å²) in [5.41, 5.74) is -0.913. The fourth-order valence-corrected chi connectivity index (χ4v) is 10.5. The van der Waals surface area contributed by atoms with Gasteiger partial charge in [-0.15, -0.1) is 10.2 Å². The first-order valence-corrected chi connectivity index (χ1v) is 14.9. The second kappa shape index (κ2) is 8.23. The number of nitriles is 1. The lowest BCUT2D eigenvalue weighted by molar-refractivity contribution is -0.161. The van der Waals surface area contributed by atoms with Crippen molar-refractivity contribution >= 4 is 11.6 Å². The van der Waals surface area contributed by atoms with Gasteiger partial charge in [0.25, 0.3) is 0 Å². The van der Waals surface area contributed by atoms with Crippen LogP contribution in [-0.4, -0.2) is 21.8 Å². The van der Waals surface area contributed by atoms with E-state index in [1.54, 1.807) is 0 Å². The highest BCUT2D eigenvalue weighted by molar-refractivity contribution is 6.04. The Morgan fingerprint density at radius 2 is 1.73 bits per heavy atom. The molecule has 0 aliphatic heterocycles. The molecule has 6 nitrogen and oxygen atoms in total. The van der Waals surface area contributed by atoms with Crippen LogP contribution in [0.4, 0.5) is 4.39 Å². The first-order valence-electron chi connectivity index (χ1n) is 14.9. The number of hydrogen-bond acceptors (Lipinski definition) is 6. The zero-order chi connectivity index (χ0) is 29.1. The molecule has 7 atom stereocenters. The zero-order valence-corrected chi connectivity index (χ0v) is 25.0. The molecule has 0 spiro atoms. The van der Waals surface area contributed by atoms with Crippen molar-refractivity contribution in [2.45, 2.75) is 106 Å². The van der Waals surface area contributed by atoms with E-state index in [9.17, 15) is 19.2 Å². The van der Waals surface area contributed by atoms with E-state index in [0.717, 1.165) is 50.5 Å². The van der Waals surface area contributed by atoms with Crippen LogP contribution in [0.2, 0.25) is 0 Å². The van der Waals surface area contributed by atoms with Crippen LogP contribution in [0.15, 0.2) is 27.7 Å². The number of alkyl halides is 1. The number of rotatable bonds is 2. The summed E-state index contributed by atoms with van der Waals surface area (Å²) in [6.07, 6.45) is 9.88. The summed E-state index contributed by atoms with van der Waals surface area (Å²) in [6.45, 7) is 14.5. The summed E-state index contributed by atoms with van der Waals surface area (Å²) >= 11 is 0. The highest BCUT2D eigenvalue weighted by atomic mass is 19.1. The Morgan fingerprint density at radius 3 is 2.38 bits per heavy atom. The third-order valence-corrected chi connectivity index (χ3v) is 12.9. The Kier molecular flexibility index (Phi) is 5.67. The van der Waals surface area contributed by atoms with Crippen LogP contribution in [0.3, 0.4) is 0 Å². The molecule has 1 aromatic heterocycles. The number of allylic oxidation sites excluding steroid dienone is 4. The van der Waals surface area contributed by atoms with Crippen molar-refractivity contribution in [2.75, 3.05) is 0 Å². The minimum absolute atomic E-state index is 0.00477. The molecule has 0 N–H and O–H groups in total. The van der Waals surface area contributed by atoms with Crippen LogP contribution in [0, 0.1) is 56.2 Å². The largest absolute Gasteiger partial charge is 0.422 e. The second-order valence-corrected chi connectivity index (χ2v) is 15.5. The van der Waals surface area contributed by atoms with Gasteiger partial charge < -0.3 is 4.42 Å². The summed E-state index contributed by atoms with van der Waals surface area (Å²) in [5.74, 6) is 0.345. The van der Waals surface area contributed by atoms with Gasteiger partial charge in [0.05, 0.1) is 11.0 Å². The summed E-state index contributed by atoms with van der Waals surface area (Å²) in [4.78, 5) is 27.8. The number of Topliss-reactive ketones (excluding diaryl/α,β-unsaturated/α-hetero) is 1. The molecule has 3 saturated carbocycles. The molecule has 0 unspecified atom stereocenters. The maximum Gasteiger partial charge on any atom is 0.247 e. The average molecular weight is 548 g/mol. The number of aromatic nitrogens is 2. The molecule has 40 heavy (non-hydrogen) atoms. The Morgan fingerprint density at radius 1 is 1.02 bits per heavy atom. The van der Waals surface area contributed by atoms with E-state index < -0.39 is 22.9 Å². The quantitative estimate of drug-likeness (QED) is 0.395. The monoisotopic (exact) mass is 547 g/mol. The molecule has 0 aromatic carbocycles. The summed E-state index contributed by atoms with van der Waals surface area (Å²) in [6, 6.07) is 2.18. The molecule has 1 heterocycles. The van der Waals surface area contributed by atoms with Crippen molar-refractivity contribution in [3.05, 3.63) is 35.1 Å². The van der Waals surface area contributed by atoms with E-state index >= 15 is 0 Å². The molecule has 0 amide bonds. The fourth-order valence-electron chi connectivity index (χ4n) is 10.5. The third-order valence-electron chi connectivity index (χ3n) is 12.9. The van der Waals surface area contributed by atoms with E-state index in [1.165, 1.54) is 0 Å². The molecular formula is C33H42FN3O3. The molecule has 0 radical (unpaired) electrons. The van der Waals surface area contributed by atoms with Gasteiger partial charge in [-0.05, 0) is 79.1 Å². The highest BCUT2D eigenvalue weighted by Gasteiger charge is 2.70. The van der Waals surface area contributed by atoms with Crippen LogP contribution < -0.4 is 0 Å². The number of fused-ring (bicyclic) bond motifs is 7. The van der Waals surface area contributed by atoms with Crippen molar-refractivity contribution in [3.8, 4) is 6.07 Å². The molecule has 0 bridgehead atoms. The number of carbonyl (C=O) groups is 2. The van der Waals surface area contributed by atoms with Crippen LogP contribution in [0.5, 0.6) is 0 Å². The number of ketones is 2. The lowest BCUT2D eigenvalue weighted by Crippen LogP contribution is -2.65. The zero-order valence-electron chi connectivity index (χ0n) is 25.0. The van der Waals surface area contributed by atoms with Crippen molar-refractivity contribution in [3.63, 3.8) is 0 Å². The molecule has 6 rings (SSSR count). The lowest BCUT2D eigenvalue weighted by Gasteiger charge is -2.68. The highest BCUT2D eigenvalue weighted by Crippen LogP contribution is 2.74. The van der Waals surface area contributed by atoms with Crippen LogP contribution in [0.1, 0.15) is 105 Å². The predicted octanol–water partition coefficient (Wildman–Crippen LogP) is 7.01. The van der Waals surface area contributed by atoms with Crippen molar-refractivity contribution in [2.24, 2.45) is 44.8 Å². The number of nitrogens with zero attached hydrogens (tertiary/aromatic N) is 3. The number of carbonyl (C=O) groups excluding carboxylic acids is 2. The van der Waals surface area contributed by atoms with E-state index in [0.29, 0.717) is 5.89 Å². The smallest absolute Gasteiger partial charge is 0.247 e. The topological polar surface area (TPSA) is 96.8 Å². The van der Waals surface area contributed by atoms with Crippen LogP contribution in [0.25, 0.3) is 0 Å². The predicted molar refractivity (Wildman–Crippen MR) is 147 cm³/mol. The molecule has 0 saturated heterocycles. The molecule has 3 fully saturated rings. The SMILES string of the molecule is CC1(C)CC[C@]2(c3nnc(CF)o3)CC[C@]3(C)[C@H](C(=O)C=C4[C@@]5(C)C=C(C#N)C(=O)C(C)(C)[C@@H]5CC[C@]43C)[C@@H]2C1. The molecule has 7 heteroatoms. The second-order valence-electron chi connectivity index (χ2n) is 15.5. The van der Waals surface area contributed by atoms with Gasteiger partial charge in [0.1, 0.15) is 6.07 Å². The fraction of sp³-hybridized carbons (Fsp3) is 0.727. The van der Waals surface area contributed by atoms with Crippen LogP contribution >= 0.6 is 0 Å². The van der Waals surface area contributed by atoms with Gasteiger partial charge in [0.15, 0.2) is 18.2 Å². The van der Waals surface area contributed by atoms with Crippen molar-refractivity contribution < 1.29 is 18.4 Å². The Bertz CT molecular complexity index is 1410. The van der Waals surface area contributed by atoms with Gasteiger partial charge in [-0.25, -0.2) is 4.39 Å². The summed E-state index contributed by atoms with van der Waals surface area (Å²) in [7, 11) is 0. The van der Waals surface area contributed by atoms with Gasteiger partial charge in [-0.2, -0.15) is 5.26 Å². The molecule has 214 valence electrons. The molecular weight excluding hydrogens is 505 g/mol. The molecule has 5 aliphatic rings. The standard InChI is InChI=1S/C33H42FN3O3/c1-28(2)10-12-33(27-37-36-24(17-34)40-27)13-11-32(7)25(20(33)16-28)21(38)14-23-30(5)15-19(18-35)26(39)29(3,4)22(30)8-9-31(23,32)6/h14-15,20,22,25H,8-13,16-17H2,1-7H3/t20-,22-,25-,30-,31+,32+,33-/m0/s1. The van der Waals surface area contributed by atoms with E-state index in [2.05, 4.69) is 50.9 Å². The molecule has 1 aromatic rings. The van der Waals surface area contributed by atoms with Gasteiger partial charge in [-0.3, -0.25) is 9.59 Å². The summed E-state index contributed by atoms with van der Waals surface area (Å²) < 4.78 is 19.4. The van der Waals surface area contributed by atoms with Gasteiger partial charge in [0.2, 0.25) is 11.8 Å². The maximum absolute atomic E-state index is 14.6. The van der Waals surface area contributed by atoms with Gasteiger partial charge >= 0.3 is 0 Å². The number of halogens is 1. The van der Waals surface area contributed by atoms with Crippen LogP contribution in [-0.2, 0) is 21.7 Å². The van der Waals surface area contributed by atoms with Gasteiger partial charge in [-0.1, -0.05) is 60.1 Å². The first-order chi connectivity index (χ1) is 18.6. The number of hydrogen-bond donors (Lipinski definition) is 0. The minimum atomic E-state index is -0.791. The Balaban J connectivity index is 1.53. The third kappa shape index (κ3) is 3.25.